The molecule has 1 amide bonds. The van der Waals surface area contributed by atoms with E-state index in [0.29, 0.717) is 22.5 Å². The van der Waals surface area contributed by atoms with Gasteiger partial charge in [-0.1, -0.05) is 6.07 Å². The first-order valence-corrected chi connectivity index (χ1v) is 7.39. The second kappa shape index (κ2) is 6.85. The molecule has 0 saturated carbocycles. The van der Waals surface area contributed by atoms with Gasteiger partial charge in [0.25, 0.3) is 0 Å². The molecule has 1 aromatic carbocycles. The predicted octanol–water partition coefficient (Wildman–Crippen LogP) is 2.48. The molecule has 5 nitrogen and oxygen atoms in total. The molecule has 0 aromatic heterocycles. The normalized spacial score (nSPS) is 15.8. The molecule has 6 heteroatoms. The van der Waals surface area contributed by atoms with Crippen LogP contribution in [0.3, 0.4) is 0 Å². The molecule has 1 fully saturated rings. The molecule has 1 saturated heterocycles. The van der Waals surface area contributed by atoms with Crippen LogP contribution in [0.2, 0.25) is 0 Å². The van der Waals surface area contributed by atoms with E-state index in [-0.39, 0.29) is 11.5 Å². The lowest BCUT2D eigenvalue weighted by Crippen LogP contribution is -2.30. The summed E-state index contributed by atoms with van der Waals surface area (Å²) in [6.07, 6.45) is 2.40. The van der Waals surface area contributed by atoms with Crippen LogP contribution in [0.5, 0.6) is 0 Å². The molecule has 108 valence electrons. The highest BCUT2D eigenvalue weighted by Gasteiger charge is 2.19. The largest absolute Gasteiger partial charge is 0.478 e. The molecule has 1 aliphatic rings. The summed E-state index contributed by atoms with van der Waals surface area (Å²) >= 11 is 3.28. The van der Waals surface area contributed by atoms with Gasteiger partial charge in [0.2, 0.25) is 5.91 Å². The van der Waals surface area contributed by atoms with Crippen LogP contribution in [0.1, 0.15) is 29.6 Å². The third-order valence-corrected chi connectivity index (χ3v) is 4.10. The number of anilines is 1. The molecule has 3 N–H and O–H groups in total. The van der Waals surface area contributed by atoms with Crippen molar-refractivity contribution in [2.45, 2.75) is 19.3 Å². The lowest BCUT2D eigenvalue weighted by Gasteiger charge is -2.22. The van der Waals surface area contributed by atoms with Gasteiger partial charge in [-0.15, -0.1) is 0 Å². The van der Waals surface area contributed by atoms with Crippen LogP contribution in [-0.4, -0.2) is 30.1 Å². The first-order chi connectivity index (χ1) is 9.58. The Bertz CT molecular complexity index is 513. The van der Waals surface area contributed by atoms with Gasteiger partial charge in [-0.05, 0) is 59.9 Å². The highest BCUT2D eigenvalue weighted by molar-refractivity contribution is 9.10. The van der Waals surface area contributed by atoms with Crippen LogP contribution < -0.4 is 10.6 Å². The molecule has 0 radical (unpaired) electrons. The molecule has 0 bridgehead atoms. The maximum Gasteiger partial charge on any atom is 0.337 e. The fourth-order valence-corrected chi connectivity index (χ4v) is 2.83. The number of rotatable bonds is 4. The summed E-state index contributed by atoms with van der Waals surface area (Å²) in [7, 11) is 0. The van der Waals surface area contributed by atoms with Crippen LogP contribution in [0.25, 0.3) is 0 Å². The topological polar surface area (TPSA) is 78.4 Å². The Kier molecular flexibility index (Phi) is 5.14. The van der Waals surface area contributed by atoms with Crippen LogP contribution in [0, 0.1) is 5.92 Å². The number of amides is 1. The van der Waals surface area contributed by atoms with E-state index in [2.05, 4.69) is 26.6 Å². The first kappa shape index (κ1) is 15.0. The van der Waals surface area contributed by atoms with Crippen molar-refractivity contribution >= 4 is 33.5 Å². The second-order valence-electron chi connectivity index (χ2n) is 4.91. The summed E-state index contributed by atoms with van der Waals surface area (Å²) in [6, 6.07) is 4.83. The number of hydrogen-bond acceptors (Lipinski definition) is 3. The van der Waals surface area contributed by atoms with Gasteiger partial charge in [-0.25, -0.2) is 4.79 Å². The van der Waals surface area contributed by atoms with E-state index in [9.17, 15) is 9.59 Å². The number of carbonyl (C=O) groups is 2. The standard InChI is InChI=1S/C14H17BrN2O3/c15-11-3-1-2-10(14(19)20)13(11)17-12(18)8-9-4-6-16-7-5-9/h1-3,9,16H,4-8H2,(H,17,18)(H,19,20). The highest BCUT2D eigenvalue weighted by Crippen LogP contribution is 2.27. The number of carbonyl (C=O) groups excluding carboxylic acids is 1. The van der Waals surface area contributed by atoms with Crippen molar-refractivity contribution < 1.29 is 14.7 Å². The van der Waals surface area contributed by atoms with E-state index in [4.69, 9.17) is 5.11 Å². The van der Waals surface area contributed by atoms with Crippen molar-refractivity contribution in [1.82, 2.24) is 5.32 Å². The van der Waals surface area contributed by atoms with Gasteiger partial charge in [0, 0.05) is 10.9 Å². The number of benzene rings is 1. The van der Waals surface area contributed by atoms with Crippen molar-refractivity contribution in [1.29, 1.82) is 0 Å². The molecule has 0 aliphatic carbocycles. The maximum absolute atomic E-state index is 12.1. The smallest absolute Gasteiger partial charge is 0.337 e. The Morgan fingerprint density at radius 1 is 1.35 bits per heavy atom. The zero-order valence-electron chi connectivity index (χ0n) is 11.0. The van der Waals surface area contributed by atoms with E-state index in [0.717, 1.165) is 25.9 Å². The van der Waals surface area contributed by atoms with Crippen molar-refractivity contribution in [3.05, 3.63) is 28.2 Å². The molecule has 20 heavy (non-hydrogen) atoms. The Morgan fingerprint density at radius 2 is 2.05 bits per heavy atom. The molecule has 1 heterocycles. The summed E-state index contributed by atoms with van der Waals surface area (Å²) in [5, 5.41) is 15.1. The van der Waals surface area contributed by atoms with Crippen molar-refractivity contribution in [2.75, 3.05) is 18.4 Å². The number of carboxylic acid groups (broad SMARTS) is 1. The molecule has 0 unspecified atom stereocenters. The van der Waals surface area contributed by atoms with Gasteiger partial charge < -0.3 is 15.7 Å². The predicted molar refractivity (Wildman–Crippen MR) is 79.9 cm³/mol. The van der Waals surface area contributed by atoms with Gasteiger partial charge in [0.05, 0.1) is 11.3 Å². The zero-order chi connectivity index (χ0) is 14.5. The third-order valence-electron chi connectivity index (χ3n) is 3.44. The van der Waals surface area contributed by atoms with Gasteiger partial charge >= 0.3 is 5.97 Å². The van der Waals surface area contributed by atoms with Gasteiger partial charge in [0.1, 0.15) is 0 Å². The fourth-order valence-electron chi connectivity index (χ4n) is 2.37. The monoisotopic (exact) mass is 340 g/mol. The number of aromatic carboxylic acids is 1. The number of halogens is 1. The molecule has 0 spiro atoms. The number of para-hydroxylation sites is 1. The molecular formula is C14H17BrN2O3. The second-order valence-corrected chi connectivity index (χ2v) is 5.77. The molecule has 1 aliphatic heterocycles. The first-order valence-electron chi connectivity index (χ1n) is 6.60. The van der Waals surface area contributed by atoms with Crippen LogP contribution in [0.4, 0.5) is 5.69 Å². The Balaban J connectivity index is 2.05. The average molecular weight is 341 g/mol. The summed E-state index contributed by atoms with van der Waals surface area (Å²) < 4.78 is 0.580. The van der Waals surface area contributed by atoms with Crippen molar-refractivity contribution in [3.8, 4) is 0 Å². The van der Waals surface area contributed by atoms with E-state index in [1.807, 2.05) is 0 Å². The minimum atomic E-state index is -1.05. The fraction of sp³-hybridized carbons (Fsp3) is 0.429. The molecular weight excluding hydrogens is 324 g/mol. The van der Waals surface area contributed by atoms with Crippen LogP contribution >= 0.6 is 15.9 Å². The van der Waals surface area contributed by atoms with Crippen molar-refractivity contribution in [2.24, 2.45) is 5.92 Å². The molecule has 2 rings (SSSR count). The maximum atomic E-state index is 12.1. The highest BCUT2D eigenvalue weighted by atomic mass is 79.9. The minimum absolute atomic E-state index is 0.0954. The average Bonchev–Trinajstić information content (AvgIpc) is 2.42. The van der Waals surface area contributed by atoms with E-state index in [1.54, 1.807) is 12.1 Å². The van der Waals surface area contributed by atoms with Gasteiger partial charge in [-0.2, -0.15) is 0 Å². The SMILES string of the molecule is O=C(CC1CCNCC1)Nc1c(Br)cccc1C(=O)O. The lowest BCUT2D eigenvalue weighted by atomic mass is 9.94. The minimum Gasteiger partial charge on any atom is -0.478 e. The van der Waals surface area contributed by atoms with Gasteiger partial charge in [0.15, 0.2) is 0 Å². The quantitative estimate of drug-likeness (QED) is 0.786. The van der Waals surface area contributed by atoms with Gasteiger partial charge in [-0.3, -0.25) is 4.79 Å². The third kappa shape index (κ3) is 3.80. The van der Waals surface area contributed by atoms with E-state index in [1.165, 1.54) is 6.07 Å². The molecule has 0 atom stereocenters. The Hall–Kier alpha value is -1.40. The summed E-state index contributed by atoms with van der Waals surface area (Å²) in [4.78, 5) is 23.2. The Morgan fingerprint density at radius 3 is 2.70 bits per heavy atom. The van der Waals surface area contributed by atoms with Crippen molar-refractivity contribution in [3.63, 3.8) is 0 Å². The summed E-state index contributed by atoms with van der Waals surface area (Å²) in [5.41, 5.74) is 0.428. The van der Waals surface area contributed by atoms with E-state index < -0.39 is 5.97 Å². The number of carboxylic acids is 1. The lowest BCUT2D eigenvalue weighted by molar-refractivity contribution is -0.117. The summed E-state index contributed by atoms with van der Waals surface area (Å²) in [5.74, 6) is -0.818. The molecule has 1 aromatic rings. The van der Waals surface area contributed by atoms with Crippen LogP contribution in [-0.2, 0) is 4.79 Å². The van der Waals surface area contributed by atoms with Crippen LogP contribution in [0.15, 0.2) is 22.7 Å². The number of hydrogen-bond donors (Lipinski definition) is 3. The van der Waals surface area contributed by atoms with E-state index >= 15 is 0 Å². The zero-order valence-corrected chi connectivity index (χ0v) is 12.6. The number of nitrogens with one attached hydrogen (secondary N) is 2. The summed E-state index contributed by atoms with van der Waals surface area (Å²) in [6.45, 7) is 1.88. The Labute approximate surface area is 125 Å². The number of piperidine rings is 1.